The minimum absolute atomic E-state index is 0.107. The molecular formula is C15H14N2O2. The van der Waals surface area contributed by atoms with Crippen molar-refractivity contribution >= 4 is 5.65 Å². The molecule has 0 amide bonds. The minimum Gasteiger partial charge on any atom is -0.440 e. The third kappa shape index (κ3) is 2.30. The number of pyridine rings is 1. The summed E-state index contributed by atoms with van der Waals surface area (Å²) in [7, 11) is 0. The molecule has 96 valence electrons. The number of benzene rings is 1. The molecule has 0 saturated carbocycles. The monoisotopic (exact) mass is 254 g/mol. The van der Waals surface area contributed by atoms with Gasteiger partial charge < -0.3 is 9.84 Å². The summed E-state index contributed by atoms with van der Waals surface area (Å²) in [4.78, 5) is 4.22. The first-order valence-electron chi connectivity index (χ1n) is 6.17. The molecule has 0 aliphatic carbocycles. The Labute approximate surface area is 110 Å². The number of hydrogen-bond donors (Lipinski definition) is 1. The predicted molar refractivity (Wildman–Crippen MR) is 72.5 cm³/mol. The molecule has 1 N–H and O–H groups in total. The molecule has 3 aromatic rings. The lowest BCUT2D eigenvalue weighted by Gasteiger charge is -2.11. The minimum atomic E-state index is 0.107. The second kappa shape index (κ2) is 5.12. The molecule has 0 spiro atoms. The summed E-state index contributed by atoms with van der Waals surface area (Å²) in [6.07, 6.45) is 4.18. The van der Waals surface area contributed by atoms with E-state index in [1.807, 2.05) is 53.1 Å². The summed E-state index contributed by atoms with van der Waals surface area (Å²) < 4.78 is 7.83. The van der Waals surface area contributed by atoms with Crippen LogP contribution in [0.25, 0.3) is 5.65 Å². The maximum absolute atomic E-state index is 9.08. The average Bonchev–Trinajstić information content (AvgIpc) is 2.91. The Balaban J connectivity index is 1.99. The highest BCUT2D eigenvalue weighted by molar-refractivity contribution is 5.44. The van der Waals surface area contributed by atoms with E-state index in [-0.39, 0.29) is 6.61 Å². The third-order valence-electron chi connectivity index (χ3n) is 2.96. The van der Waals surface area contributed by atoms with E-state index >= 15 is 0 Å². The fourth-order valence-electron chi connectivity index (χ4n) is 2.05. The second-order valence-corrected chi connectivity index (χ2v) is 4.20. The third-order valence-corrected chi connectivity index (χ3v) is 2.96. The fraction of sp³-hybridized carbons (Fsp3) is 0.133. The molecular weight excluding hydrogens is 240 g/mol. The van der Waals surface area contributed by atoms with Crippen LogP contribution in [-0.4, -0.2) is 21.1 Å². The van der Waals surface area contributed by atoms with Gasteiger partial charge in [-0.2, -0.15) is 0 Å². The van der Waals surface area contributed by atoms with Crippen molar-refractivity contribution in [3.63, 3.8) is 0 Å². The zero-order chi connectivity index (χ0) is 13.1. The average molecular weight is 254 g/mol. The van der Waals surface area contributed by atoms with Gasteiger partial charge in [-0.1, -0.05) is 24.3 Å². The van der Waals surface area contributed by atoms with Crippen molar-refractivity contribution in [2.75, 3.05) is 6.61 Å². The molecule has 0 unspecified atom stereocenters. The molecule has 0 aliphatic rings. The highest BCUT2D eigenvalue weighted by Crippen LogP contribution is 2.26. The molecule has 4 heteroatoms. The first-order chi connectivity index (χ1) is 9.38. The molecule has 0 atom stereocenters. The van der Waals surface area contributed by atoms with Crippen LogP contribution in [0.4, 0.5) is 0 Å². The number of aliphatic hydroxyl groups excluding tert-OH is 1. The van der Waals surface area contributed by atoms with Gasteiger partial charge in [-0.15, -0.1) is 0 Å². The topological polar surface area (TPSA) is 46.8 Å². The normalized spacial score (nSPS) is 10.8. The zero-order valence-corrected chi connectivity index (χ0v) is 10.4. The standard InChI is InChI=1S/C15H14N2O2/c18-11-8-12-4-1-2-5-13(12)19-15-7-3-6-14-16-9-10-17(14)15/h1-7,9-10,18H,8,11H2. The van der Waals surface area contributed by atoms with E-state index in [1.54, 1.807) is 6.20 Å². The van der Waals surface area contributed by atoms with Gasteiger partial charge in [-0.05, 0) is 30.2 Å². The van der Waals surface area contributed by atoms with Gasteiger partial charge in [0.05, 0.1) is 0 Å². The van der Waals surface area contributed by atoms with Crippen LogP contribution >= 0.6 is 0 Å². The van der Waals surface area contributed by atoms with Gasteiger partial charge in [0.15, 0.2) is 0 Å². The molecule has 2 heterocycles. The molecule has 2 aromatic heterocycles. The smallest absolute Gasteiger partial charge is 0.205 e. The lowest BCUT2D eigenvalue weighted by molar-refractivity contribution is 0.297. The Morgan fingerprint density at radius 1 is 1.11 bits per heavy atom. The number of ether oxygens (including phenoxy) is 1. The summed E-state index contributed by atoms with van der Waals surface area (Å²) in [5.41, 5.74) is 1.83. The zero-order valence-electron chi connectivity index (χ0n) is 10.4. The van der Waals surface area contributed by atoms with Crippen LogP contribution in [0.2, 0.25) is 0 Å². The van der Waals surface area contributed by atoms with Crippen LogP contribution in [0.15, 0.2) is 54.9 Å². The summed E-state index contributed by atoms with van der Waals surface area (Å²) in [5.74, 6) is 1.47. The van der Waals surface area contributed by atoms with Crippen molar-refractivity contribution in [1.82, 2.24) is 9.38 Å². The van der Waals surface area contributed by atoms with Crippen molar-refractivity contribution in [1.29, 1.82) is 0 Å². The molecule has 0 saturated heterocycles. The fourth-order valence-corrected chi connectivity index (χ4v) is 2.05. The number of hydrogen-bond acceptors (Lipinski definition) is 3. The Hall–Kier alpha value is -2.33. The van der Waals surface area contributed by atoms with Crippen LogP contribution in [0, 0.1) is 0 Å². The van der Waals surface area contributed by atoms with Gasteiger partial charge in [0, 0.05) is 19.0 Å². The quantitative estimate of drug-likeness (QED) is 0.778. The van der Waals surface area contributed by atoms with E-state index in [0.29, 0.717) is 12.3 Å². The molecule has 19 heavy (non-hydrogen) atoms. The number of para-hydroxylation sites is 1. The number of aromatic nitrogens is 2. The van der Waals surface area contributed by atoms with E-state index in [9.17, 15) is 0 Å². The Kier molecular flexibility index (Phi) is 3.16. The number of imidazole rings is 1. The molecule has 1 aromatic carbocycles. The summed E-state index contributed by atoms with van der Waals surface area (Å²) in [6.45, 7) is 0.107. The summed E-state index contributed by atoms with van der Waals surface area (Å²) in [5, 5.41) is 9.08. The Bertz CT molecular complexity index is 691. The van der Waals surface area contributed by atoms with Crippen molar-refractivity contribution in [2.45, 2.75) is 6.42 Å². The van der Waals surface area contributed by atoms with E-state index in [2.05, 4.69) is 4.98 Å². The van der Waals surface area contributed by atoms with E-state index < -0.39 is 0 Å². The molecule has 4 nitrogen and oxygen atoms in total. The molecule has 3 rings (SSSR count). The molecule has 0 aliphatic heterocycles. The van der Waals surface area contributed by atoms with Crippen LogP contribution in [0.1, 0.15) is 5.56 Å². The summed E-state index contributed by atoms with van der Waals surface area (Å²) >= 11 is 0. The lowest BCUT2D eigenvalue weighted by Crippen LogP contribution is -1.97. The molecule has 0 fully saturated rings. The molecule has 0 bridgehead atoms. The Morgan fingerprint density at radius 3 is 2.89 bits per heavy atom. The number of fused-ring (bicyclic) bond motifs is 1. The highest BCUT2D eigenvalue weighted by Gasteiger charge is 2.06. The predicted octanol–water partition coefficient (Wildman–Crippen LogP) is 2.66. The van der Waals surface area contributed by atoms with E-state index in [0.717, 1.165) is 17.0 Å². The second-order valence-electron chi connectivity index (χ2n) is 4.20. The van der Waals surface area contributed by atoms with Gasteiger partial charge in [0.2, 0.25) is 5.88 Å². The maximum Gasteiger partial charge on any atom is 0.205 e. The largest absolute Gasteiger partial charge is 0.440 e. The van der Waals surface area contributed by atoms with Gasteiger partial charge >= 0.3 is 0 Å². The van der Waals surface area contributed by atoms with Crippen molar-refractivity contribution in [3.05, 3.63) is 60.4 Å². The molecule has 0 radical (unpaired) electrons. The number of rotatable bonds is 4. The van der Waals surface area contributed by atoms with Gasteiger partial charge in [0.1, 0.15) is 11.4 Å². The van der Waals surface area contributed by atoms with Gasteiger partial charge in [0.25, 0.3) is 0 Å². The van der Waals surface area contributed by atoms with E-state index in [1.165, 1.54) is 0 Å². The highest BCUT2D eigenvalue weighted by atomic mass is 16.5. The number of nitrogens with zero attached hydrogens (tertiary/aromatic N) is 2. The van der Waals surface area contributed by atoms with Crippen LogP contribution in [0.5, 0.6) is 11.6 Å². The van der Waals surface area contributed by atoms with Crippen molar-refractivity contribution in [3.8, 4) is 11.6 Å². The first-order valence-corrected chi connectivity index (χ1v) is 6.17. The van der Waals surface area contributed by atoms with Gasteiger partial charge in [-0.3, -0.25) is 4.40 Å². The van der Waals surface area contributed by atoms with Crippen LogP contribution in [0.3, 0.4) is 0 Å². The van der Waals surface area contributed by atoms with Crippen molar-refractivity contribution < 1.29 is 9.84 Å². The number of aliphatic hydroxyl groups is 1. The van der Waals surface area contributed by atoms with Crippen LogP contribution < -0.4 is 4.74 Å². The lowest BCUT2D eigenvalue weighted by atomic mass is 10.1. The van der Waals surface area contributed by atoms with E-state index in [4.69, 9.17) is 9.84 Å². The summed E-state index contributed by atoms with van der Waals surface area (Å²) in [6, 6.07) is 13.4. The van der Waals surface area contributed by atoms with Crippen LogP contribution in [-0.2, 0) is 6.42 Å². The first kappa shape index (κ1) is 11.7. The maximum atomic E-state index is 9.08. The van der Waals surface area contributed by atoms with Gasteiger partial charge in [-0.25, -0.2) is 4.98 Å². The Morgan fingerprint density at radius 2 is 2.00 bits per heavy atom. The SMILES string of the molecule is OCCc1ccccc1Oc1cccc2nccn12. The van der Waals surface area contributed by atoms with Crippen molar-refractivity contribution in [2.24, 2.45) is 0 Å².